The van der Waals surface area contributed by atoms with E-state index >= 15 is 0 Å². The summed E-state index contributed by atoms with van der Waals surface area (Å²) >= 11 is 0. The second-order valence-corrected chi connectivity index (χ2v) is 8.89. The van der Waals surface area contributed by atoms with Crippen molar-refractivity contribution in [2.75, 3.05) is 11.5 Å². The molecule has 4 atom stereocenters. The van der Waals surface area contributed by atoms with Gasteiger partial charge in [-0.15, -0.1) is 0 Å². The minimum absolute atomic E-state index is 0.0797. The summed E-state index contributed by atoms with van der Waals surface area (Å²) in [6, 6.07) is 17.6. The van der Waals surface area contributed by atoms with Gasteiger partial charge >= 0.3 is 11.9 Å². The number of furan rings is 1. The van der Waals surface area contributed by atoms with Crippen LogP contribution in [0.4, 0.5) is 5.69 Å². The molecule has 0 saturated carbocycles. The zero-order valence-corrected chi connectivity index (χ0v) is 20.3. The third-order valence-electron chi connectivity index (χ3n) is 6.86. The summed E-state index contributed by atoms with van der Waals surface area (Å²) in [5.74, 6) is -1.82. The average Bonchev–Trinajstić information content (AvgIpc) is 3.53. The average molecular weight is 497 g/mol. The largest absolute Gasteiger partial charge is 0.469 e. The molecular formula is C29H24N2O6. The van der Waals surface area contributed by atoms with Crippen molar-refractivity contribution >= 4 is 29.5 Å². The summed E-state index contributed by atoms with van der Waals surface area (Å²) in [5, 5.41) is 10.6. The Kier molecular flexibility index (Phi) is 6.14. The third-order valence-corrected chi connectivity index (χ3v) is 6.86. The molecule has 0 amide bonds. The van der Waals surface area contributed by atoms with E-state index in [-0.39, 0.29) is 12.4 Å². The van der Waals surface area contributed by atoms with E-state index in [1.54, 1.807) is 37.3 Å². The summed E-state index contributed by atoms with van der Waals surface area (Å²) in [7, 11) is 0. The number of nitrogens with zero attached hydrogens (tertiary/aromatic N) is 2. The number of Topliss-reactive ketones (excluding diaryl/α,β-unsaturated/α-hetero) is 1. The standard InChI is InChI=1S/C29H24N2O6/c1-3-35-28(34)29(17-30)24-15-12-19-7-4-5-8-22(19)31(24)26(25(29)23-9-6-16-36-23)27(33)20-10-13-21(14-11-20)37-18(2)32/h4-16,24-26H,3H2,1-2H3/t24-,25+,26+,29-/m1/s1. The minimum Gasteiger partial charge on any atom is -0.469 e. The lowest BCUT2D eigenvalue weighted by Crippen LogP contribution is -2.47. The number of ketones is 1. The Morgan fingerprint density at radius 1 is 1.08 bits per heavy atom. The Morgan fingerprint density at radius 3 is 2.49 bits per heavy atom. The molecule has 1 saturated heterocycles. The van der Waals surface area contributed by atoms with Crippen LogP contribution in [0, 0.1) is 16.7 Å². The van der Waals surface area contributed by atoms with Crippen LogP contribution in [0.3, 0.4) is 0 Å². The number of carbonyl (C=O) groups is 3. The maximum absolute atomic E-state index is 14.3. The van der Waals surface area contributed by atoms with Crippen LogP contribution in [0.15, 0.2) is 77.4 Å². The number of hydrogen-bond acceptors (Lipinski definition) is 8. The molecule has 0 aliphatic carbocycles. The van der Waals surface area contributed by atoms with Gasteiger partial charge < -0.3 is 18.8 Å². The molecule has 2 aliphatic rings. The number of esters is 2. The highest BCUT2D eigenvalue weighted by Gasteiger charge is 2.68. The van der Waals surface area contributed by atoms with E-state index in [1.165, 1.54) is 25.3 Å². The molecular weight excluding hydrogens is 472 g/mol. The summed E-state index contributed by atoms with van der Waals surface area (Å²) in [5.41, 5.74) is 0.164. The first-order valence-electron chi connectivity index (χ1n) is 11.9. The highest BCUT2D eigenvalue weighted by molar-refractivity contribution is 6.06. The molecule has 0 N–H and O–H groups in total. The van der Waals surface area contributed by atoms with E-state index < -0.39 is 35.4 Å². The van der Waals surface area contributed by atoms with Crippen LogP contribution in [-0.2, 0) is 14.3 Å². The fraction of sp³-hybridized carbons (Fsp3) is 0.241. The third kappa shape index (κ3) is 3.80. The Labute approximate surface area is 213 Å². The van der Waals surface area contributed by atoms with Crippen LogP contribution in [0.5, 0.6) is 5.75 Å². The molecule has 1 fully saturated rings. The van der Waals surface area contributed by atoms with Gasteiger partial charge in [-0.3, -0.25) is 14.4 Å². The fourth-order valence-electron chi connectivity index (χ4n) is 5.42. The smallest absolute Gasteiger partial charge is 0.329 e. The number of hydrogen-bond donors (Lipinski definition) is 0. The van der Waals surface area contributed by atoms with Crippen LogP contribution in [0.2, 0.25) is 0 Å². The zero-order chi connectivity index (χ0) is 26.2. The van der Waals surface area contributed by atoms with E-state index in [9.17, 15) is 19.6 Å². The van der Waals surface area contributed by atoms with Crippen molar-refractivity contribution in [2.24, 2.45) is 5.41 Å². The number of para-hydroxylation sites is 1. The summed E-state index contributed by atoms with van der Waals surface area (Å²) in [6.45, 7) is 3.05. The summed E-state index contributed by atoms with van der Waals surface area (Å²) in [6.07, 6.45) is 5.11. The molecule has 8 heteroatoms. The second-order valence-electron chi connectivity index (χ2n) is 8.89. The van der Waals surface area contributed by atoms with Crippen LogP contribution >= 0.6 is 0 Å². The number of carbonyl (C=O) groups excluding carboxylic acids is 3. The number of ether oxygens (including phenoxy) is 2. The molecule has 2 aromatic carbocycles. The topological polar surface area (TPSA) is 110 Å². The van der Waals surface area contributed by atoms with Gasteiger partial charge in [0.1, 0.15) is 17.6 Å². The van der Waals surface area contributed by atoms with Gasteiger partial charge in [0.25, 0.3) is 0 Å². The maximum atomic E-state index is 14.3. The Morgan fingerprint density at radius 2 is 1.84 bits per heavy atom. The molecule has 8 nitrogen and oxygen atoms in total. The van der Waals surface area contributed by atoms with Crippen molar-refractivity contribution < 1.29 is 28.3 Å². The van der Waals surface area contributed by atoms with Gasteiger partial charge in [-0.25, -0.2) is 0 Å². The first kappa shape index (κ1) is 24.1. The van der Waals surface area contributed by atoms with E-state index in [4.69, 9.17) is 13.9 Å². The molecule has 0 bridgehead atoms. The van der Waals surface area contributed by atoms with Gasteiger partial charge in [-0.1, -0.05) is 30.4 Å². The molecule has 0 unspecified atom stereocenters. The SMILES string of the molecule is CCOC(=O)[C@@]1(C#N)[C@@H](c2ccco2)[C@@H](C(=O)c2ccc(OC(C)=O)cc2)N2c3ccccc3C=C[C@@H]21. The van der Waals surface area contributed by atoms with Gasteiger partial charge in [0.05, 0.1) is 30.9 Å². The molecule has 37 heavy (non-hydrogen) atoms. The molecule has 5 rings (SSSR count). The predicted molar refractivity (Wildman–Crippen MR) is 134 cm³/mol. The second kappa shape index (κ2) is 9.43. The van der Waals surface area contributed by atoms with E-state index in [0.29, 0.717) is 17.1 Å². The normalized spacial score (nSPS) is 23.5. The van der Waals surface area contributed by atoms with E-state index in [2.05, 4.69) is 6.07 Å². The van der Waals surface area contributed by atoms with E-state index in [1.807, 2.05) is 35.2 Å². The van der Waals surface area contributed by atoms with E-state index in [0.717, 1.165) is 11.3 Å². The fourth-order valence-corrected chi connectivity index (χ4v) is 5.42. The van der Waals surface area contributed by atoms with Crippen molar-refractivity contribution in [3.8, 4) is 11.8 Å². The highest BCUT2D eigenvalue weighted by Crippen LogP contribution is 2.56. The van der Waals surface area contributed by atoms with Gasteiger partial charge in [-0.05, 0) is 55.0 Å². The van der Waals surface area contributed by atoms with Crippen molar-refractivity contribution in [1.82, 2.24) is 0 Å². The van der Waals surface area contributed by atoms with Gasteiger partial charge in [0.15, 0.2) is 11.2 Å². The van der Waals surface area contributed by atoms with Crippen molar-refractivity contribution in [2.45, 2.75) is 31.8 Å². The monoisotopic (exact) mass is 496 g/mol. The van der Waals surface area contributed by atoms with Crippen molar-refractivity contribution in [1.29, 1.82) is 5.26 Å². The first-order valence-corrected chi connectivity index (χ1v) is 11.9. The predicted octanol–water partition coefficient (Wildman–Crippen LogP) is 4.53. The molecule has 3 heterocycles. The van der Waals surface area contributed by atoms with Crippen molar-refractivity contribution in [3.63, 3.8) is 0 Å². The number of rotatable bonds is 6. The molecule has 2 aliphatic heterocycles. The molecule has 186 valence electrons. The van der Waals surface area contributed by atoms with Crippen LogP contribution in [-0.4, -0.2) is 36.4 Å². The highest BCUT2D eigenvalue weighted by atomic mass is 16.5. The Bertz CT molecular complexity index is 1420. The van der Waals surface area contributed by atoms with Crippen LogP contribution in [0.1, 0.15) is 41.4 Å². The summed E-state index contributed by atoms with van der Waals surface area (Å²) < 4.78 is 16.3. The van der Waals surface area contributed by atoms with Gasteiger partial charge in [0.2, 0.25) is 0 Å². The quantitative estimate of drug-likeness (QED) is 0.278. The lowest BCUT2D eigenvalue weighted by atomic mass is 9.70. The minimum atomic E-state index is -1.75. The molecule has 1 aromatic heterocycles. The maximum Gasteiger partial charge on any atom is 0.329 e. The Hall–Kier alpha value is -4.64. The number of anilines is 1. The number of benzene rings is 2. The van der Waals surface area contributed by atoms with Crippen LogP contribution < -0.4 is 9.64 Å². The Balaban J connectivity index is 1.71. The number of fused-ring (bicyclic) bond motifs is 3. The zero-order valence-electron chi connectivity index (χ0n) is 20.3. The molecule has 0 radical (unpaired) electrons. The molecule has 0 spiro atoms. The summed E-state index contributed by atoms with van der Waals surface area (Å²) in [4.78, 5) is 41.0. The lowest BCUT2D eigenvalue weighted by Gasteiger charge is -2.36. The van der Waals surface area contributed by atoms with Gasteiger partial charge in [0, 0.05) is 18.2 Å². The van der Waals surface area contributed by atoms with Gasteiger partial charge in [-0.2, -0.15) is 5.26 Å². The number of nitriles is 1. The van der Waals surface area contributed by atoms with Crippen molar-refractivity contribution in [3.05, 3.63) is 89.9 Å². The first-order chi connectivity index (χ1) is 17.9. The van der Waals surface area contributed by atoms with Crippen LogP contribution in [0.25, 0.3) is 6.08 Å². The molecule has 3 aromatic rings. The lowest BCUT2D eigenvalue weighted by molar-refractivity contribution is -0.152.